The maximum absolute atomic E-state index is 13.1. The minimum Gasteiger partial charge on any atom is -0.326 e. The van der Waals surface area contributed by atoms with E-state index in [4.69, 9.17) is 4.98 Å². The number of carbonyl (C=O) groups excluding carboxylic acids is 1. The van der Waals surface area contributed by atoms with Gasteiger partial charge < -0.3 is 15.5 Å². The predicted molar refractivity (Wildman–Crippen MR) is 128 cm³/mol. The molecular weight excluding hydrogens is 457 g/mol. The molecule has 3 N–H and O–H groups in total. The lowest BCUT2D eigenvalue weighted by Gasteiger charge is -2.24. The summed E-state index contributed by atoms with van der Waals surface area (Å²) in [5.41, 5.74) is 2.33. The van der Waals surface area contributed by atoms with Gasteiger partial charge in [0, 0.05) is 35.7 Å². The minimum absolute atomic E-state index is 0.0325. The highest BCUT2D eigenvalue weighted by molar-refractivity contribution is 7.81. The minimum atomic E-state index is -0.606. The molecule has 2 atom stereocenters. The van der Waals surface area contributed by atoms with Crippen LogP contribution in [0.2, 0.25) is 0 Å². The fourth-order valence-corrected chi connectivity index (χ4v) is 4.60. The van der Waals surface area contributed by atoms with Crippen molar-refractivity contribution in [3.63, 3.8) is 0 Å². The summed E-state index contributed by atoms with van der Waals surface area (Å²) in [6.45, 7) is 0.503. The third-order valence-corrected chi connectivity index (χ3v) is 6.45. The number of H-pyrrole nitrogens is 1. The Morgan fingerprint density at radius 1 is 1.26 bits per heavy atom. The number of aromatic amines is 1. The first-order valence-electron chi connectivity index (χ1n) is 11.1. The van der Waals surface area contributed by atoms with Gasteiger partial charge in [-0.25, -0.2) is 9.50 Å². The van der Waals surface area contributed by atoms with Gasteiger partial charge >= 0.3 is 0 Å². The van der Waals surface area contributed by atoms with E-state index >= 15 is 0 Å². The van der Waals surface area contributed by atoms with Crippen molar-refractivity contribution < 1.29 is 9.18 Å². The summed E-state index contributed by atoms with van der Waals surface area (Å²) in [6, 6.07) is 7.94. The number of aromatic nitrogens is 6. The van der Waals surface area contributed by atoms with Crippen molar-refractivity contribution in [1.29, 1.82) is 0 Å². The fourth-order valence-electron chi connectivity index (χ4n) is 4.22. The van der Waals surface area contributed by atoms with Gasteiger partial charge in [0.05, 0.1) is 11.9 Å². The molecule has 12 heteroatoms. The second-order valence-electron chi connectivity index (χ2n) is 8.62. The highest BCUT2D eigenvalue weighted by Crippen LogP contribution is 2.40. The third kappa shape index (κ3) is 4.04. The van der Waals surface area contributed by atoms with E-state index in [1.165, 1.54) is 31.2 Å². The van der Waals surface area contributed by atoms with Crippen LogP contribution in [0.3, 0.4) is 0 Å². The Balaban J connectivity index is 1.29. The van der Waals surface area contributed by atoms with E-state index in [0.717, 1.165) is 11.2 Å². The van der Waals surface area contributed by atoms with E-state index in [1.54, 1.807) is 4.52 Å². The molecule has 0 unspecified atom stereocenters. The quantitative estimate of drug-likeness (QED) is 0.248. The number of fused-ring (bicyclic) bond motifs is 1. The van der Waals surface area contributed by atoms with Crippen molar-refractivity contribution in [1.82, 2.24) is 29.8 Å². The monoisotopic (exact) mass is 479 g/mol. The molecule has 4 aromatic heterocycles. The smallest absolute Gasteiger partial charge is 0.247 e. The number of hydrogen-bond acceptors (Lipinski definition) is 8. The Kier molecular flexibility index (Phi) is 5.09. The van der Waals surface area contributed by atoms with Crippen LogP contribution in [0.5, 0.6) is 0 Å². The molecule has 5 heterocycles. The van der Waals surface area contributed by atoms with Crippen LogP contribution in [0.4, 0.5) is 27.7 Å². The van der Waals surface area contributed by atoms with Gasteiger partial charge in [-0.3, -0.25) is 9.89 Å². The van der Waals surface area contributed by atoms with Crippen molar-refractivity contribution in [3.8, 4) is 0 Å². The van der Waals surface area contributed by atoms with Crippen molar-refractivity contribution in [2.45, 2.75) is 36.5 Å². The van der Waals surface area contributed by atoms with Crippen LogP contribution < -0.4 is 15.5 Å². The zero-order chi connectivity index (χ0) is 23.2. The lowest BCUT2D eigenvalue weighted by atomic mass is 10.2. The van der Waals surface area contributed by atoms with Crippen LogP contribution in [0.1, 0.15) is 30.9 Å². The molecule has 2 aliphatic rings. The van der Waals surface area contributed by atoms with E-state index in [1.807, 2.05) is 29.3 Å². The molecule has 1 aliphatic heterocycles. The molecule has 6 rings (SSSR count). The van der Waals surface area contributed by atoms with Crippen molar-refractivity contribution in [3.05, 3.63) is 54.4 Å². The first kappa shape index (κ1) is 20.9. The third-order valence-electron chi connectivity index (χ3n) is 6.07. The topological polar surface area (TPSA) is 116 Å². The number of carbonyl (C=O) groups is 1. The van der Waals surface area contributed by atoms with Crippen molar-refractivity contribution in [2.24, 2.45) is 0 Å². The van der Waals surface area contributed by atoms with Crippen LogP contribution in [-0.4, -0.2) is 53.5 Å². The Labute approximate surface area is 199 Å². The highest BCUT2D eigenvalue weighted by atomic mass is 32.1. The molecule has 0 radical (unpaired) electrons. The number of nitrogens with one attached hydrogen (secondary N) is 3. The van der Waals surface area contributed by atoms with Gasteiger partial charge in [0.25, 0.3) is 0 Å². The summed E-state index contributed by atoms with van der Waals surface area (Å²) in [6.07, 6.45) is 6.00. The van der Waals surface area contributed by atoms with E-state index < -0.39 is 12.0 Å². The van der Waals surface area contributed by atoms with Gasteiger partial charge in [0.2, 0.25) is 17.8 Å². The first-order chi connectivity index (χ1) is 16.5. The normalized spacial score (nSPS) is 20.1. The summed E-state index contributed by atoms with van der Waals surface area (Å²) in [5, 5.41) is 18.2. The second-order valence-corrected chi connectivity index (χ2v) is 9.35. The molecule has 0 aromatic carbocycles. The number of amides is 1. The van der Waals surface area contributed by atoms with E-state index in [9.17, 15) is 9.18 Å². The molecule has 0 spiro atoms. The van der Waals surface area contributed by atoms with E-state index in [-0.39, 0.29) is 11.2 Å². The number of thiol groups is 1. The highest BCUT2D eigenvalue weighted by Gasteiger charge is 2.37. The van der Waals surface area contributed by atoms with Gasteiger partial charge in [0.1, 0.15) is 11.6 Å². The van der Waals surface area contributed by atoms with E-state index in [2.05, 4.69) is 43.5 Å². The molecule has 1 aliphatic carbocycles. The summed E-state index contributed by atoms with van der Waals surface area (Å²) in [5.74, 6) is 1.38. The van der Waals surface area contributed by atoms with Gasteiger partial charge in [0.15, 0.2) is 11.6 Å². The van der Waals surface area contributed by atoms with Crippen LogP contribution >= 0.6 is 12.6 Å². The van der Waals surface area contributed by atoms with Crippen LogP contribution in [0, 0.1) is 5.95 Å². The average molecular weight is 480 g/mol. The number of rotatable bonds is 6. The predicted octanol–water partition coefficient (Wildman–Crippen LogP) is 3.12. The number of anilines is 4. The van der Waals surface area contributed by atoms with Gasteiger partial charge in [-0.05, 0) is 43.5 Å². The summed E-state index contributed by atoms with van der Waals surface area (Å²) < 4.78 is 14.9. The zero-order valence-corrected chi connectivity index (χ0v) is 18.9. The van der Waals surface area contributed by atoms with Crippen molar-refractivity contribution in [2.75, 3.05) is 22.1 Å². The molecule has 174 valence electrons. The summed E-state index contributed by atoms with van der Waals surface area (Å²) in [4.78, 5) is 23.3. The maximum Gasteiger partial charge on any atom is 0.247 e. The Hall–Kier alpha value is -3.67. The molecule has 0 bridgehead atoms. The Morgan fingerprint density at radius 3 is 2.94 bits per heavy atom. The fraction of sp³-hybridized carbons (Fsp3) is 0.318. The Morgan fingerprint density at radius 2 is 2.15 bits per heavy atom. The van der Waals surface area contributed by atoms with Crippen LogP contribution in [-0.2, 0) is 4.79 Å². The maximum atomic E-state index is 13.1. The lowest BCUT2D eigenvalue weighted by Crippen LogP contribution is -2.41. The molecule has 1 saturated heterocycles. The number of pyridine rings is 1. The number of halogens is 1. The van der Waals surface area contributed by atoms with Crippen LogP contribution in [0.25, 0.3) is 5.52 Å². The molecular formula is C22H22FN9OS. The van der Waals surface area contributed by atoms with Crippen LogP contribution in [0.15, 0.2) is 42.7 Å². The average Bonchev–Trinajstić information content (AvgIpc) is 3.20. The molecule has 2 fully saturated rings. The standard InChI is InChI=1S/C22H22FN9OS/c23-18-6-5-13(10-24-18)25-21(33)17-8-14(34)11-31(17)22-27-20(16-2-1-7-32(16)30-22)26-19-9-15(28-29-19)12-3-4-12/h1-2,5-7,9-10,12,14,17,34H,3-4,8,11H2,(H,25,33)(H2,26,27,28,29,30)/t14-,17-/m0/s1. The zero-order valence-electron chi connectivity index (χ0n) is 18.0. The van der Waals surface area contributed by atoms with Crippen molar-refractivity contribution >= 4 is 47.3 Å². The molecule has 34 heavy (non-hydrogen) atoms. The molecule has 1 saturated carbocycles. The SMILES string of the molecule is O=C(Nc1ccc(F)nc1)[C@@H]1C[C@H](S)CN1c1nc(Nc2cc(C3CC3)[nH]n2)c2cccn2n1. The van der Waals surface area contributed by atoms with Gasteiger partial charge in [-0.1, -0.05) is 0 Å². The van der Waals surface area contributed by atoms with Gasteiger partial charge in [-0.15, -0.1) is 5.10 Å². The summed E-state index contributed by atoms with van der Waals surface area (Å²) in [7, 11) is 0. The Bertz CT molecular complexity index is 1350. The number of hydrogen-bond donors (Lipinski definition) is 4. The van der Waals surface area contributed by atoms with Gasteiger partial charge in [-0.2, -0.15) is 27.1 Å². The summed E-state index contributed by atoms with van der Waals surface area (Å²) >= 11 is 4.61. The largest absolute Gasteiger partial charge is 0.326 e. The molecule has 4 aromatic rings. The first-order valence-corrected chi connectivity index (χ1v) is 11.6. The lowest BCUT2D eigenvalue weighted by molar-refractivity contribution is -0.117. The molecule has 1 amide bonds. The van der Waals surface area contributed by atoms with E-state index in [0.29, 0.717) is 42.2 Å². The second kappa shape index (κ2) is 8.28. The number of nitrogens with zero attached hydrogens (tertiary/aromatic N) is 6. The molecule has 10 nitrogen and oxygen atoms in total.